The maximum absolute atomic E-state index is 12.9. The van der Waals surface area contributed by atoms with Crippen LogP contribution >= 0.6 is 11.6 Å². The zero-order chi connectivity index (χ0) is 11.5. The van der Waals surface area contributed by atoms with Crippen molar-refractivity contribution >= 4 is 11.6 Å². The van der Waals surface area contributed by atoms with E-state index in [1.165, 1.54) is 18.2 Å². The zero-order valence-corrected chi connectivity index (χ0v) is 9.12. The van der Waals surface area contributed by atoms with Crippen LogP contribution in [-0.4, -0.2) is 5.11 Å². The minimum absolute atomic E-state index is 0.0102. The van der Waals surface area contributed by atoms with Gasteiger partial charge in [-0.15, -0.1) is 0 Å². The smallest absolute Gasteiger partial charge is 0.141 e. The molecule has 0 fully saturated rings. The first-order valence-electron chi connectivity index (χ1n) is 4.82. The number of furan rings is 1. The van der Waals surface area contributed by atoms with Crippen molar-refractivity contribution in [1.29, 1.82) is 0 Å². The van der Waals surface area contributed by atoms with Crippen molar-refractivity contribution < 1.29 is 13.9 Å². The minimum Gasteiger partial charge on any atom is -0.469 e. The summed E-state index contributed by atoms with van der Waals surface area (Å²) in [5.74, 6) is 0.184. The van der Waals surface area contributed by atoms with Crippen molar-refractivity contribution in [3.63, 3.8) is 0 Å². The summed E-state index contributed by atoms with van der Waals surface area (Å²) in [6.45, 7) is 0. The molecule has 2 rings (SSSR count). The van der Waals surface area contributed by atoms with Crippen LogP contribution < -0.4 is 0 Å². The van der Waals surface area contributed by atoms with Crippen LogP contribution in [0.25, 0.3) is 0 Å². The third kappa shape index (κ3) is 2.43. The van der Waals surface area contributed by atoms with Gasteiger partial charge in [0.25, 0.3) is 0 Å². The summed E-state index contributed by atoms with van der Waals surface area (Å²) in [7, 11) is 0. The molecule has 84 valence electrons. The van der Waals surface area contributed by atoms with Crippen molar-refractivity contribution in [2.24, 2.45) is 0 Å². The maximum Gasteiger partial charge on any atom is 0.141 e. The first-order valence-corrected chi connectivity index (χ1v) is 5.20. The Kier molecular flexibility index (Phi) is 3.27. The largest absolute Gasteiger partial charge is 0.469 e. The molecule has 16 heavy (non-hydrogen) atoms. The molecule has 0 amide bonds. The molecule has 2 nitrogen and oxygen atoms in total. The molecule has 0 bridgehead atoms. The highest BCUT2D eigenvalue weighted by Crippen LogP contribution is 2.23. The molecule has 0 aliphatic carbocycles. The molecule has 1 atom stereocenters. The van der Waals surface area contributed by atoms with Gasteiger partial charge in [0.1, 0.15) is 11.6 Å². The molecule has 4 heteroatoms. The molecule has 0 saturated carbocycles. The summed E-state index contributed by atoms with van der Waals surface area (Å²) in [5.41, 5.74) is 0.572. The van der Waals surface area contributed by atoms with E-state index < -0.39 is 11.9 Å². The van der Waals surface area contributed by atoms with Gasteiger partial charge in [0.15, 0.2) is 0 Å². The molecule has 1 aromatic carbocycles. The van der Waals surface area contributed by atoms with Gasteiger partial charge in [-0.25, -0.2) is 4.39 Å². The highest BCUT2D eigenvalue weighted by atomic mass is 35.5. The van der Waals surface area contributed by atoms with Crippen LogP contribution in [0.15, 0.2) is 41.0 Å². The molecule has 0 aliphatic heterocycles. The van der Waals surface area contributed by atoms with Gasteiger partial charge in [-0.1, -0.05) is 17.7 Å². The van der Waals surface area contributed by atoms with Crippen LogP contribution in [0.2, 0.25) is 5.02 Å². The van der Waals surface area contributed by atoms with Gasteiger partial charge in [0, 0.05) is 6.42 Å². The van der Waals surface area contributed by atoms with E-state index in [-0.39, 0.29) is 5.02 Å². The van der Waals surface area contributed by atoms with Crippen LogP contribution in [0.1, 0.15) is 17.4 Å². The Hall–Kier alpha value is -1.32. The first kappa shape index (κ1) is 11.2. The second kappa shape index (κ2) is 4.68. The Morgan fingerprint density at radius 2 is 2.19 bits per heavy atom. The molecular weight excluding hydrogens is 231 g/mol. The Morgan fingerprint density at radius 1 is 1.38 bits per heavy atom. The minimum atomic E-state index is -0.746. The SMILES string of the molecule is OC(Cc1ccco1)c1ccc(F)c(Cl)c1. The van der Waals surface area contributed by atoms with Crippen molar-refractivity contribution in [2.45, 2.75) is 12.5 Å². The molecule has 0 radical (unpaired) electrons. The van der Waals surface area contributed by atoms with Crippen LogP contribution in [0.3, 0.4) is 0 Å². The summed E-state index contributed by atoms with van der Waals surface area (Å²) in [5, 5.41) is 9.88. The highest BCUT2D eigenvalue weighted by Gasteiger charge is 2.12. The van der Waals surface area contributed by atoms with E-state index in [1.54, 1.807) is 18.4 Å². The predicted octanol–water partition coefficient (Wildman–Crippen LogP) is 3.35. The van der Waals surface area contributed by atoms with Gasteiger partial charge in [-0.3, -0.25) is 0 Å². The fourth-order valence-electron chi connectivity index (χ4n) is 1.46. The lowest BCUT2D eigenvalue weighted by Crippen LogP contribution is -2.01. The van der Waals surface area contributed by atoms with Crippen LogP contribution in [-0.2, 0) is 6.42 Å². The van der Waals surface area contributed by atoms with E-state index in [1.807, 2.05) is 0 Å². The molecule has 0 spiro atoms. The van der Waals surface area contributed by atoms with Crippen molar-refractivity contribution in [3.8, 4) is 0 Å². The van der Waals surface area contributed by atoms with E-state index in [0.29, 0.717) is 17.7 Å². The molecule has 1 unspecified atom stereocenters. The average molecular weight is 241 g/mol. The van der Waals surface area contributed by atoms with Crippen LogP contribution in [0, 0.1) is 5.82 Å². The Labute approximate surface area is 97.3 Å². The monoisotopic (exact) mass is 240 g/mol. The van der Waals surface area contributed by atoms with Gasteiger partial charge >= 0.3 is 0 Å². The quantitative estimate of drug-likeness (QED) is 0.893. The standard InChI is InChI=1S/C12H10ClFO2/c13-10-6-8(3-4-11(10)14)12(15)7-9-2-1-5-16-9/h1-6,12,15H,7H2. The Bertz CT molecular complexity index is 468. The number of aliphatic hydroxyl groups excluding tert-OH is 1. The number of halogens is 2. The first-order chi connectivity index (χ1) is 7.66. The molecule has 2 aromatic rings. The van der Waals surface area contributed by atoms with E-state index in [4.69, 9.17) is 16.0 Å². The van der Waals surface area contributed by atoms with Gasteiger partial charge in [0.2, 0.25) is 0 Å². The second-order valence-electron chi connectivity index (χ2n) is 3.47. The van der Waals surface area contributed by atoms with Gasteiger partial charge in [-0.05, 0) is 29.8 Å². The lowest BCUT2D eigenvalue weighted by molar-refractivity contribution is 0.170. The van der Waals surface area contributed by atoms with E-state index in [2.05, 4.69) is 0 Å². The third-order valence-electron chi connectivity index (χ3n) is 2.30. The number of hydrogen-bond acceptors (Lipinski definition) is 2. The highest BCUT2D eigenvalue weighted by molar-refractivity contribution is 6.30. The summed E-state index contributed by atoms with van der Waals surface area (Å²) >= 11 is 5.63. The van der Waals surface area contributed by atoms with E-state index in [0.717, 1.165) is 0 Å². The Morgan fingerprint density at radius 3 is 2.81 bits per heavy atom. The van der Waals surface area contributed by atoms with Crippen molar-refractivity contribution in [3.05, 3.63) is 58.8 Å². The summed E-state index contributed by atoms with van der Waals surface area (Å²) in [6, 6.07) is 7.69. The topological polar surface area (TPSA) is 33.4 Å². The van der Waals surface area contributed by atoms with Crippen molar-refractivity contribution in [2.75, 3.05) is 0 Å². The van der Waals surface area contributed by atoms with E-state index >= 15 is 0 Å². The number of benzene rings is 1. The lowest BCUT2D eigenvalue weighted by atomic mass is 10.1. The van der Waals surface area contributed by atoms with Gasteiger partial charge in [-0.2, -0.15) is 0 Å². The number of rotatable bonds is 3. The third-order valence-corrected chi connectivity index (χ3v) is 2.59. The lowest BCUT2D eigenvalue weighted by Gasteiger charge is -2.09. The molecule has 0 saturated heterocycles. The molecule has 1 heterocycles. The molecule has 1 N–H and O–H groups in total. The molecule has 1 aromatic heterocycles. The zero-order valence-electron chi connectivity index (χ0n) is 8.36. The summed E-state index contributed by atoms with van der Waals surface area (Å²) in [6.07, 6.45) is 1.14. The van der Waals surface area contributed by atoms with Crippen LogP contribution in [0.4, 0.5) is 4.39 Å². The van der Waals surface area contributed by atoms with Crippen LogP contribution in [0.5, 0.6) is 0 Å². The van der Waals surface area contributed by atoms with Crippen molar-refractivity contribution in [1.82, 2.24) is 0 Å². The summed E-state index contributed by atoms with van der Waals surface area (Å²) < 4.78 is 18.0. The second-order valence-corrected chi connectivity index (χ2v) is 3.88. The van der Waals surface area contributed by atoms with Gasteiger partial charge < -0.3 is 9.52 Å². The number of aliphatic hydroxyl groups is 1. The Balaban J connectivity index is 2.14. The average Bonchev–Trinajstić information content (AvgIpc) is 2.74. The maximum atomic E-state index is 12.9. The van der Waals surface area contributed by atoms with E-state index in [9.17, 15) is 9.50 Å². The van der Waals surface area contributed by atoms with Gasteiger partial charge in [0.05, 0.1) is 17.4 Å². The summed E-state index contributed by atoms with van der Waals surface area (Å²) in [4.78, 5) is 0. The predicted molar refractivity (Wildman–Crippen MR) is 58.8 cm³/mol. The molecular formula is C12H10ClFO2. The normalized spacial score (nSPS) is 12.7. The fraction of sp³-hybridized carbons (Fsp3) is 0.167. The molecule has 0 aliphatic rings. The fourth-order valence-corrected chi connectivity index (χ4v) is 1.65. The number of hydrogen-bond donors (Lipinski definition) is 1.